The molecule has 1 aromatic carbocycles. The Kier molecular flexibility index (Phi) is 7.31. The van der Waals surface area contributed by atoms with E-state index in [0.29, 0.717) is 13.1 Å². The summed E-state index contributed by atoms with van der Waals surface area (Å²) in [6.45, 7) is 11.0. The summed E-state index contributed by atoms with van der Waals surface area (Å²) in [4.78, 5) is 42.3. The predicted molar refractivity (Wildman–Crippen MR) is 122 cm³/mol. The maximum atomic E-state index is 13.5. The average molecular weight is 445 g/mol. The zero-order valence-corrected chi connectivity index (χ0v) is 19.8. The number of hydrogen-bond acceptors (Lipinski definition) is 4. The number of urea groups is 1. The van der Waals surface area contributed by atoms with Crippen molar-refractivity contribution in [2.75, 3.05) is 13.1 Å². The number of amides is 4. The van der Waals surface area contributed by atoms with Gasteiger partial charge in [-0.25, -0.2) is 9.59 Å². The molecule has 32 heavy (non-hydrogen) atoms. The Morgan fingerprint density at radius 2 is 1.59 bits per heavy atom. The van der Waals surface area contributed by atoms with Crippen LogP contribution in [0.3, 0.4) is 0 Å². The van der Waals surface area contributed by atoms with Crippen molar-refractivity contribution in [1.82, 2.24) is 20.4 Å². The summed E-state index contributed by atoms with van der Waals surface area (Å²) >= 11 is 0. The van der Waals surface area contributed by atoms with Crippen molar-refractivity contribution < 1.29 is 19.1 Å². The maximum Gasteiger partial charge on any atom is 0.408 e. The summed E-state index contributed by atoms with van der Waals surface area (Å²) in [6.07, 6.45) is 0.885. The first kappa shape index (κ1) is 23.9. The van der Waals surface area contributed by atoms with Gasteiger partial charge in [0, 0.05) is 19.1 Å². The second-order valence-corrected chi connectivity index (χ2v) is 10.0. The quantitative estimate of drug-likeness (QED) is 0.730. The minimum absolute atomic E-state index is 0.0170. The highest BCUT2D eigenvalue weighted by molar-refractivity contribution is 5.87. The molecule has 0 aromatic heterocycles. The lowest BCUT2D eigenvalue weighted by Gasteiger charge is -2.35. The highest BCUT2D eigenvalue weighted by Gasteiger charge is 2.49. The molecule has 2 fully saturated rings. The average Bonchev–Trinajstić information content (AvgIpc) is 3.31. The van der Waals surface area contributed by atoms with Gasteiger partial charge in [0.05, 0.1) is 12.1 Å². The molecule has 2 aliphatic rings. The van der Waals surface area contributed by atoms with Gasteiger partial charge < -0.3 is 25.2 Å². The van der Waals surface area contributed by atoms with Crippen LogP contribution >= 0.6 is 0 Å². The number of alkyl carbamates (subject to hydrolysis) is 1. The van der Waals surface area contributed by atoms with Gasteiger partial charge in [0.25, 0.3) is 0 Å². The van der Waals surface area contributed by atoms with Gasteiger partial charge in [0.15, 0.2) is 0 Å². The van der Waals surface area contributed by atoms with E-state index in [2.05, 4.69) is 10.6 Å². The van der Waals surface area contributed by atoms with Crippen LogP contribution in [0.4, 0.5) is 9.59 Å². The molecular weight excluding hydrogens is 408 g/mol. The molecule has 176 valence electrons. The lowest BCUT2D eigenvalue weighted by molar-refractivity contribution is -0.136. The zero-order valence-electron chi connectivity index (χ0n) is 19.8. The van der Waals surface area contributed by atoms with Gasteiger partial charge in [0.1, 0.15) is 12.6 Å². The van der Waals surface area contributed by atoms with Gasteiger partial charge in [-0.1, -0.05) is 51.1 Å². The molecule has 0 bridgehead atoms. The molecule has 2 saturated heterocycles. The molecule has 0 aliphatic carbocycles. The first-order chi connectivity index (χ1) is 15.1. The number of benzene rings is 1. The monoisotopic (exact) mass is 444 g/mol. The van der Waals surface area contributed by atoms with Crippen molar-refractivity contribution in [3.8, 4) is 0 Å². The molecule has 0 radical (unpaired) electrons. The highest BCUT2D eigenvalue weighted by atomic mass is 16.5. The van der Waals surface area contributed by atoms with Crippen LogP contribution in [0.5, 0.6) is 0 Å². The van der Waals surface area contributed by atoms with Crippen LogP contribution in [0.25, 0.3) is 0 Å². The second kappa shape index (κ2) is 9.79. The van der Waals surface area contributed by atoms with Crippen molar-refractivity contribution >= 4 is 18.0 Å². The minimum atomic E-state index is -0.719. The number of nitrogens with one attached hydrogen (secondary N) is 2. The van der Waals surface area contributed by atoms with E-state index >= 15 is 0 Å². The molecule has 4 amide bonds. The van der Waals surface area contributed by atoms with Crippen molar-refractivity contribution in [3.63, 3.8) is 0 Å². The molecule has 1 aromatic rings. The minimum Gasteiger partial charge on any atom is -0.445 e. The van der Waals surface area contributed by atoms with Crippen LogP contribution < -0.4 is 10.6 Å². The third kappa shape index (κ3) is 5.53. The van der Waals surface area contributed by atoms with E-state index in [-0.39, 0.29) is 36.7 Å². The lowest BCUT2D eigenvalue weighted by atomic mass is 9.85. The number of rotatable bonds is 5. The van der Waals surface area contributed by atoms with Crippen LogP contribution in [-0.2, 0) is 16.1 Å². The molecule has 3 rings (SSSR count). The number of carbonyl (C=O) groups excluding carboxylic acids is 3. The molecule has 0 saturated carbocycles. The molecule has 2 aliphatic heterocycles. The number of likely N-dealkylation sites (tertiary alicyclic amines) is 2. The van der Waals surface area contributed by atoms with Gasteiger partial charge in [0.2, 0.25) is 5.91 Å². The van der Waals surface area contributed by atoms with Crippen molar-refractivity contribution in [1.29, 1.82) is 0 Å². The van der Waals surface area contributed by atoms with E-state index in [0.717, 1.165) is 18.4 Å². The van der Waals surface area contributed by atoms with E-state index < -0.39 is 17.6 Å². The predicted octanol–water partition coefficient (Wildman–Crippen LogP) is 3.12. The molecule has 3 atom stereocenters. The number of ether oxygens (including phenoxy) is 1. The van der Waals surface area contributed by atoms with E-state index in [1.54, 1.807) is 0 Å². The third-order valence-corrected chi connectivity index (χ3v) is 6.12. The summed E-state index contributed by atoms with van der Waals surface area (Å²) in [5, 5.41) is 5.75. The molecule has 8 heteroatoms. The number of fused-ring (bicyclic) bond motifs is 1. The maximum absolute atomic E-state index is 13.5. The number of nitrogens with zero attached hydrogens (tertiary/aromatic N) is 2. The molecule has 2 heterocycles. The van der Waals surface area contributed by atoms with Gasteiger partial charge >= 0.3 is 12.1 Å². The largest absolute Gasteiger partial charge is 0.445 e. The van der Waals surface area contributed by atoms with Gasteiger partial charge in [-0.3, -0.25) is 4.79 Å². The van der Waals surface area contributed by atoms with Crippen LogP contribution in [0.2, 0.25) is 0 Å². The Balaban J connectivity index is 1.64. The molecular formula is C24H36N4O4. The van der Waals surface area contributed by atoms with Crippen LogP contribution in [0.1, 0.15) is 53.0 Å². The van der Waals surface area contributed by atoms with Crippen molar-refractivity contribution in [2.45, 2.75) is 78.2 Å². The van der Waals surface area contributed by atoms with Crippen molar-refractivity contribution in [2.24, 2.45) is 5.41 Å². The molecule has 8 nitrogen and oxygen atoms in total. The smallest absolute Gasteiger partial charge is 0.408 e. The first-order valence-corrected chi connectivity index (χ1v) is 11.4. The topological polar surface area (TPSA) is 91.0 Å². The fraction of sp³-hybridized carbons (Fsp3) is 0.625. The summed E-state index contributed by atoms with van der Waals surface area (Å²) in [7, 11) is 0. The van der Waals surface area contributed by atoms with Crippen molar-refractivity contribution in [3.05, 3.63) is 35.9 Å². The zero-order chi connectivity index (χ0) is 23.5. The number of carbonyl (C=O) groups is 3. The van der Waals surface area contributed by atoms with Gasteiger partial charge in [-0.2, -0.15) is 0 Å². The Bertz CT molecular complexity index is 821. The third-order valence-electron chi connectivity index (χ3n) is 6.12. The van der Waals surface area contributed by atoms with Gasteiger partial charge in [-0.05, 0) is 37.7 Å². The fourth-order valence-corrected chi connectivity index (χ4v) is 4.54. The molecule has 1 unspecified atom stereocenters. The Labute approximate surface area is 190 Å². The van der Waals surface area contributed by atoms with Crippen LogP contribution in [0, 0.1) is 5.41 Å². The Morgan fingerprint density at radius 3 is 2.19 bits per heavy atom. The summed E-state index contributed by atoms with van der Waals surface area (Å²) < 4.78 is 5.36. The SMILES string of the molecule is CC(C)NC(=O)N1CC[C@@H]2[C@H]1CCN2C(=O)C(NC(=O)OCc1ccccc1)C(C)(C)C. The van der Waals surface area contributed by atoms with Gasteiger partial charge in [-0.15, -0.1) is 0 Å². The first-order valence-electron chi connectivity index (χ1n) is 11.4. The van der Waals surface area contributed by atoms with Crippen LogP contribution in [-0.4, -0.2) is 65.1 Å². The summed E-state index contributed by atoms with van der Waals surface area (Å²) in [6, 6.07) is 8.70. The van der Waals surface area contributed by atoms with E-state index in [9.17, 15) is 14.4 Å². The normalized spacial score (nSPS) is 21.3. The standard InChI is InChI=1S/C24H36N4O4/c1-16(2)25-22(30)28-14-12-18-19(28)11-13-27(18)21(29)20(24(3,4)5)26-23(31)32-15-17-9-7-6-8-10-17/h6-10,16,18-20H,11-15H2,1-5H3,(H,25,30)(H,26,31)/t18-,19-,20?/m1/s1. The van der Waals surface area contributed by atoms with E-state index in [1.165, 1.54) is 0 Å². The summed E-state index contributed by atoms with van der Waals surface area (Å²) in [5.74, 6) is -0.118. The van der Waals surface area contributed by atoms with E-state index in [4.69, 9.17) is 4.74 Å². The summed E-state index contributed by atoms with van der Waals surface area (Å²) in [5.41, 5.74) is 0.392. The highest BCUT2D eigenvalue weighted by Crippen LogP contribution is 2.34. The number of hydrogen-bond donors (Lipinski definition) is 2. The Morgan fingerprint density at radius 1 is 1.00 bits per heavy atom. The lowest BCUT2D eigenvalue weighted by Crippen LogP contribution is -2.56. The van der Waals surface area contributed by atoms with Crippen LogP contribution in [0.15, 0.2) is 30.3 Å². The second-order valence-electron chi connectivity index (χ2n) is 10.0. The Hall–Kier alpha value is -2.77. The fourth-order valence-electron chi connectivity index (χ4n) is 4.54. The van der Waals surface area contributed by atoms with E-state index in [1.807, 2.05) is 74.8 Å². The molecule has 2 N–H and O–H groups in total. The molecule has 0 spiro atoms.